The maximum absolute atomic E-state index is 12.5. The molecule has 0 spiro atoms. The van der Waals surface area contributed by atoms with Gasteiger partial charge in [0, 0.05) is 0 Å². The fourth-order valence-corrected chi connectivity index (χ4v) is 4.22. The first-order chi connectivity index (χ1) is 12.4. The van der Waals surface area contributed by atoms with Gasteiger partial charge in [-0.1, -0.05) is 41.4 Å². The minimum Gasteiger partial charge on any atom is -0.322 e. The van der Waals surface area contributed by atoms with Gasteiger partial charge >= 0.3 is 0 Å². The number of amides is 1. The van der Waals surface area contributed by atoms with Crippen molar-refractivity contribution in [3.8, 4) is 0 Å². The predicted octanol–water partition coefficient (Wildman–Crippen LogP) is 4.13. The standard InChI is InChI=1S/C19H19Cl2N3OS/c1-11-8-9-13(20)18(17(11)21)23-16(25)10-24(3)12(2)19-22-14-6-4-5-7-15(14)26-19/h4-9,12H,10H2,1-3H3,(H,23,25)/p+1/t12-/m0/s1. The third-order valence-corrected chi connectivity index (χ3v) is 6.43. The van der Waals surface area contributed by atoms with E-state index in [4.69, 9.17) is 23.2 Å². The zero-order valence-electron chi connectivity index (χ0n) is 14.8. The lowest BCUT2D eigenvalue weighted by Crippen LogP contribution is -3.10. The molecule has 1 heterocycles. The van der Waals surface area contributed by atoms with Crippen LogP contribution in [0.25, 0.3) is 10.2 Å². The number of thiazole rings is 1. The van der Waals surface area contributed by atoms with Crippen molar-refractivity contribution in [3.63, 3.8) is 0 Å². The molecule has 4 nitrogen and oxygen atoms in total. The summed E-state index contributed by atoms with van der Waals surface area (Å²) in [6, 6.07) is 11.7. The highest BCUT2D eigenvalue weighted by molar-refractivity contribution is 7.18. The number of fused-ring (bicyclic) bond motifs is 1. The van der Waals surface area contributed by atoms with E-state index in [2.05, 4.69) is 23.3 Å². The zero-order valence-corrected chi connectivity index (χ0v) is 17.1. The fraction of sp³-hybridized carbons (Fsp3) is 0.263. The Balaban J connectivity index is 1.70. The predicted molar refractivity (Wildman–Crippen MR) is 110 cm³/mol. The Kier molecular flexibility index (Phi) is 5.82. The summed E-state index contributed by atoms with van der Waals surface area (Å²) in [6.07, 6.45) is 0. The number of nitrogens with zero attached hydrogens (tertiary/aromatic N) is 1. The van der Waals surface area contributed by atoms with E-state index in [9.17, 15) is 4.79 Å². The number of benzene rings is 2. The molecule has 0 radical (unpaired) electrons. The minimum atomic E-state index is -0.134. The molecule has 1 amide bonds. The molecule has 2 atom stereocenters. The lowest BCUT2D eigenvalue weighted by Gasteiger charge is -2.20. The van der Waals surface area contributed by atoms with Gasteiger partial charge < -0.3 is 10.2 Å². The van der Waals surface area contributed by atoms with E-state index in [1.165, 1.54) is 0 Å². The first kappa shape index (κ1) is 19.1. The molecule has 26 heavy (non-hydrogen) atoms. The Morgan fingerprint density at radius 1 is 1.27 bits per heavy atom. The van der Waals surface area contributed by atoms with Crippen LogP contribution in [0.3, 0.4) is 0 Å². The van der Waals surface area contributed by atoms with E-state index in [0.717, 1.165) is 25.7 Å². The average Bonchev–Trinajstić information content (AvgIpc) is 3.05. The highest BCUT2D eigenvalue weighted by Gasteiger charge is 2.23. The normalized spacial score (nSPS) is 13.6. The summed E-state index contributed by atoms with van der Waals surface area (Å²) in [4.78, 5) is 18.2. The number of aromatic nitrogens is 1. The number of para-hydroxylation sites is 1. The molecule has 7 heteroatoms. The van der Waals surface area contributed by atoms with E-state index in [1.54, 1.807) is 17.4 Å². The largest absolute Gasteiger partial charge is 0.322 e. The number of quaternary nitrogens is 1. The van der Waals surface area contributed by atoms with Gasteiger partial charge in [-0.2, -0.15) is 0 Å². The van der Waals surface area contributed by atoms with Crippen LogP contribution in [0.15, 0.2) is 36.4 Å². The molecule has 0 saturated carbocycles. The summed E-state index contributed by atoms with van der Waals surface area (Å²) >= 11 is 14.1. The van der Waals surface area contributed by atoms with Gasteiger partial charge in [-0.3, -0.25) is 4.79 Å². The van der Waals surface area contributed by atoms with E-state index in [1.807, 2.05) is 38.2 Å². The van der Waals surface area contributed by atoms with Gasteiger partial charge in [-0.25, -0.2) is 4.98 Å². The summed E-state index contributed by atoms with van der Waals surface area (Å²) in [7, 11) is 1.98. The van der Waals surface area contributed by atoms with Crippen LogP contribution >= 0.6 is 34.5 Å². The van der Waals surface area contributed by atoms with Gasteiger partial charge in [0.1, 0.15) is 6.04 Å². The molecule has 0 aliphatic heterocycles. The molecule has 3 aromatic rings. The van der Waals surface area contributed by atoms with Gasteiger partial charge in [0.15, 0.2) is 11.6 Å². The summed E-state index contributed by atoms with van der Waals surface area (Å²) in [6.45, 7) is 4.24. The van der Waals surface area contributed by atoms with Crippen molar-refractivity contribution in [2.75, 3.05) is 18.9 Å². The quantitative estimate of drug-likeness (QED) is 0.666. The number of carbonyl (C=O) groups excluding carboxylic acids is 1. The molecule has 136 valence electrons. The molecule has 2 aromatic carbocycles. The SMILES string of the molecule is Cc1ccc(Cl)c(NC(=O)C[NH+](C)[C@@H](C)c2nc3ccccc3s2)c1Cl. The van der Waals surface area contributed by atoms with Crippen molar-refractivity contribution in [2.24, 2.45) is 0 Å². The number of halogens is 2. The van der Waals surface area contributed by atoms with Gasteiger partial charge in [0.2, 0.25) is 0 Å². The number of likely N-dealkylation sites (N-methyl/N-ethyl adjacent to an activating group) is 1. The molecule has 1 unspecified atom stereocenters. The molecular weight excluding hydrogens is 389 g/mol. The summed E-state index contributed by atoms with van der Waals surface area (Å²) < 4.78 is 1.16. The second-order valence-corrected chi connectivity index (χ2v) is 8.21. The Morgan fingerprint density at radius 3 is 2.73 bits per heavy atom. The third-order valence-electron chi connectivity index (χ3n) is 4.41. The monoisotopic (exact) mass is 408 g/mol. The Hall–Kier alpha value is -1.66. The summed E-state index contributed by atoms with van der Waals surface area (Å²) in [5.74, 6) is -0.134. The second-order valence-electron chi connectivity index (χ2n) is 6.37. The number of carbonyl (C=O) groups is 1. The van der Waals surface area contributed by atoms with E-state index < -0.39 is 0 Å². The smallest absolute Gasteiger partial charge is 0.279 e. The third kappa shape index (κ3) is 4.01. The Labute approximate surface area is 166 Å². The van der Waals surface area contributed by atoms with Crippen molar-refractivity contribution in [1.29, 1.82) is 0 Å². The van der Waals surface area contributed by atoms with E-state index >= 15 is 0 Å². The molecular formula is C19H20Cl2N3OS+. The summed E-state index contributed by atoms with van der Waals surface area (Å²) in [5, 5.41) is 4.77. The van der Waals surface area contributed by atoms with E-state index in [-0.39, 0.29) is 18.5 Å². The number of rotatable bonds is 5. The van der Waals surface area contributed by atoms with Crippen LogP contribution in [0.2, 0.25) is 10.0 Å². The molecule has 0 bridgehead atoms. The van der Waals surface area contributed by atoms with Crippen LogP contribution in [0.1, 0.15) is 23.5 Å². The fourth-order valence-electron chi connectivity index (χ4n) is 2.65. The van der Waals surface area contributed by atoms with Crippen LogP contribution < -0.4 is 10.2 Å². The topological polar surface area (TPSA) is 46.4 Å². The first-order valence-corrected chi connectivity index (χ1v) is 9.86. The number of hydrogen-bond donors (Lipinski definition) is 2. The van der Waals surface area contributed by atoms with Crippen LogP contribution in [0, 0.1) is 6.92 Å². The average molecular weight is 409 g/mol. The van der Waals surface area contributed by atoms with Crippen molar-refractivity contribution < 1.29 is 9.69 Å². The molecule has 0 saturated heterocycles. The molecule has 0 aliphatic carbocycles. The first-order valence-electron chi connectivity index (χ1n) is 8.29. The second kappa shape index (κ2) is 7.92. The lowest BCUT2D eigenvalue weighted by molar-refractivity contribution is -0.902. The van der Waals surface area contributed by atoms with Gasteiger partial charge in [-0.15, -0.1) is 11.3 Å². The molecule has 3 rings (SSSR count). The maximum atomic E-state index is 12.5. The molecule has 0 aliphatic rings. The van der Waals surface area contributed by atoms with Crippen LogP contribution in [0.4, 0.5) is 5.69 Å². The maximum Gasteiger partial charge on any atom is 0.279 e. The van der Waals surface area contributed by atoms with Crippen molar-refractivity contribution >= 4 is 56.3 Å². The number of anilines is 1. The van der Waals surface area contributed by atoms with Crippen molar-refractivity contribution in [1.82, 2.24) is 4.98 Å². The number of aryl methyl sites for hydroxylation is 1. The minimum absolute atomic E-state index is 0.0987. The van der Waals surface area contributed by atoms with Crippen LogP contribution in [0.5, 0.6) is 0 Å². The van der Waals surface area contributed by atoms with Crippen molar-refractivity contribution in [2.45, 2.75) is 19.9 Å². The van der Waals surface area contributed by atoms with E-state index in [0.29, 0.717) is 15.7 Å². The van der Waals surface area contributed by atoms with Crippen LogP contribution in [-0.2, 0) is 4.79 Å². The number of hydrogen-bond acceptors (Lipinski definition) is 3. The van der Waals surface area contributed by atoms with Gasteiger partial charge in [-0.05, 0) is 37.6 Å². The van der Waals surface area contributed by atoms with Gasteiger partial charge in [0.05, 0.1) is 33.0 Å². The Bertz CT molecular complexity index is 924. The highest BCUT2D eigenvalue weighted by Crippen LogP contribution is 2.32. The van der Waals surface area contributed by atoms with Crippen molar-refractivity contribution in [3.05, 3.63) is 57.0 Å². The number of nitrogens with one attached hydrogen (secondary N) is 2. The molecule has 1 aromatic heterocycles. The van der Waals surface area contributed by atoms with Gasteiger partial charge in [0.25, 0.3) is 5.91 Å². The lowest BCUT2D eigenvalue weighted by atomic mass is 10.2. The zero-order chi connectivity index (χ0) is 18.8. The molecule has 2 N–H and O–H groups in total. The highest BCUT2D eigenvalue weighted by atomic mass is 35.5. The van der Waals surface area contributed by atoms with Crippen LogP contribution in [-0.4, -0.2) is 24.5 Å². The Morgan fingerprint density at radius 2 is 2.00 bits per heavy atom. The molecule has 0 fully saturated rings. The summed E-state index contributed by atoms with van der Waals surface area (Å²) in [5.41, 5.74) is 2.34.